The number of ketones is 1. The van der Waals surface area contributed by atoms with Crippen molar-refractivity contribution in [3.63, 3.8) is 0 Å². The lowest BCUT2D eigenvalue weighted by Crippen LogP contribution is -2.38. The van der Waals surface area contributed by atoms with E-state index in [2.05, 4.69) is 25.7 Å². The first-order valence-electron chi connectivity index (χ1n) is 7.74. The summed E-state index contributed by atoms with van der Waals surface area (Å²) in [5.41, 5.74) is 0.443. The van der Waals surface area contributed by atoms with Crippen molar-refractivity contribution in [2.24, 2.45) is 11.3 Å². The van der Waals surface area contributed by atoms with Crippen LogP contribution in [0.5, 0.6) is 0 Å². The van der Waals surface area contributed by atoms with Gasteiger partial charge in [-0.2, -0.15) is 0 Å². The van der Waals surface area contributed by atoms with Crippen LogP contribution in [0.15, 0.2) is 0 Å². The first-order chi connectivity index (χ1) is 8.47. The summed E-state index contributed by atoms with van der Waals surface area (Å²) in [7, 11) is 0. The Hall–Kier alpha value is -0.370. The molecule has 1 aliphatic heterocycles. The lowest BCUT2D eigenvalue weighted by atomic mass is 9.90. The maximum absolute atomic E-state index is 11.9. The normalized spacial score (nSPS) is 30.3. The van der Waals surface area contributed by atoms with Gasteiger partial charge < -0.3 is 0 Å². The molecule has 2 atom stereocenters. The molecule has 1 aliphatic carbocycles. The Labute approximate surface area is 112 Å². The van der Waals surface area contributed by atoms with Crippen LogP contribution in [-0.2, 0) is 4.79 Å². The second kappa shape index (κ2) is 5.73. The van der Waals surface area contributed by atoms with E-state index in [1.807, 2.05) is 0 Å². The van der Waals surface area contributed by atoms with E-state index >= 15 is 0 Å². The fraction of sp³-hybridized carbons (Fsp3) is 0.938. The van der Waals surface area contributed by atoms with Crippen LogP contribution in [0.2, 0.25) is 0 Å². The summed E-state index contributed by atoms with van der Waals surface area (Å²) in [6.45, 7) is 9.36. The van der Waals surface area contributed by atoms with E-state index in [-0.39, 0.29) is 0 Å². The Balaban J connectivity index is 1.82. The molecule has 0 spiro atoms. The highest BCUT2D eigenvalue weighted by Gasteiger charge is 2.37. The van der Waals surface area contributed by atoms with Crippen LogP contribution in [0.4, 0.5) is 0 Å². The number of hydrogen-bond acceptors (Lipinski definition) is 2. The SMILES string of the molecule is CC(C)(C)CCCN1CCCC1C1CCCC1=O. The van der Waals surface area contributed by atoms with E-state index in [0.29, 0.717) is 23.2 Å². The van der Waals surface area contributed by atoms with Crippen molar-refractivity contribution in [2.75, 3.05) is 13.1 Å². The number of Topliss-reactive ketones (excluding diaryl/α,β-unsaturated/α-hetero) is 1. The zero-order valence-electron chi connectivity index (χ0n) is 12.4. The van der Waals surface area contributed by atoms with E-state index in [1.165, 1.54) is 38.8 Å². The molecule has 2 unspecified atom stereocenters. The van der Waals surface area contributed by atoms with Gasteiger partial charge in [0, 0.05) is 18.4 Å². The van der Waals surface area contributed by atoms with Crippen molar-refractivity contribution in [3.8, 4) is 0 Å². The van der Waals surface area contributed by atoms with Gasteiger partial charge in [0.05, 0.1) is 0 Å². The van der Waals surface area contributed by atoms with Crippen LogP contribution in [0.1, 0.15) is 65.7 Å². The van der Waals surface area contributed by atoms with Gasteiger partial charge in [-0.25, -0.2) is 0 Å². The van der Waals surface area contributed by atoms with E-state index in [4.69, 9.17) is 0 Å². The number of carbonyl (C=O) groups excluding carboxylic acids is 1. The third kappa shape index (κ3) is 3.57. The number of likely N-dealkylation sites (tertiary alicyclic amines) is 1. The van der Waals surface area contributed by atoms with Gasteiger partial charge in [0.25, 0.3) is 0 Å². The maximum atomic E-state index is 11.9. The van der Waals surface area contributed by atoms with E-state index in [0.717, 1.165) is 19.3 Å². The molecule has 2 rings (SSSR count). The van der Waals surface area contributed by atoms with Gasteiger partial charge in [-0.05, 0) is 57.0 Å². The van der Waals surface area contributed by atoms with Crippen LogP contribution in [-0.4, -0.2) is 29.8 Å². The second-order valence-electron chi connectivity index (χ2n) is 7.37. The summed E-state index contributed by atoms with van der Waals surface area (Å²) in [5.74, 6) is 0.921. The van der Waals surface area contributed by atoms with Crippen molar-refractivity contribution >= 4 is 5.78 Å². The third-order valence-corrected chi connectivity index (χ3v) is 4.60. The van der Waals surface area contributed by atoms with Crippen molar-refractivity contribution in [2.45, 2.75) is 71.8 Å². The lowest BCUT2D eigenvalue weighted by Gasteiger charge is -2.29. The van der Waals surface area contributed by atoms with Crippen LogP contribution in [0.3, 0.4) is 0 Å². The van der Waals surface area contributed by atoms with Gasteiger partial charge >= 0.3 is 0 Å². The Morgan fingerprint density at radius 3 is 2.61 bits per heavy atom. The highest BCUT2D eigenvalue weighted by molar-refractivity contribution is 5.83. The number of hydrogen-bond donors (Lipinski definition) is 0. The molecule has 0 aromatic carbocycles. The Morgan fingerprint density at radius 1 is 1.22 bits per heavy atom. The number of carbonyl (C=O) groups is 1. The monoisotopic (exact) mass is 251 g/mol. The van der Waals surface area contributed by atoms with Crippen molar-refractivity contribution in [1.82, 2.24) is 4.90 Å². The maximum Gasteiger partial charge on any atom is 0.137 e. The molecule has 2 fully saturated rings. The highest BCUT2D eigenvalue weighted by Crippen LogP contribution is 2.33. The molecular formula is C16H29NO. The molecule has 0 amide bonds. The summed E-state index contributed by atoms with van der Waals surface area (Å²) >= 11 is 0. The molecule has 0 radical (unpaired) electrons. The summed E-state index contributed by atoms with van der Waals surface area (Å²) in [4.78, 5) is 14.5. The molecule has 0 aromatic heterocycles. The molecule has 0 bridgehead atoms. The van der Waals surface area contributed by atoms with E-state index in [1.54, 1.807) is 0 Å². The van der Waals surface area contributed by atoms with Crippen LogP contribution in [0, 0.1) is 11.3 Å². The first kappa shape index (κ1) is 14.0. The van der Waals surface area contributed by atoms with E-state index < -0.39 is 0 Å². The van der Waals surface area contributed by atoms with Gasteiger partial charge in [-0.3, -0.25) is 9.69 Å². The average molecular weight is 251 g/mol. The smallest absolute Gasteiger partial charge is 0.137 e. The molecule has 1 heterocycles. The van der Waals surface area contributed by atoms with Crippen molar-refractivity contribution in [3.05, 3.63) is 0 Å². The van der Waals surface area contributed by atoms with Crippen LogP contribution in [0.25, 0.3) is 0 Å². The second-order valence-corrected chi connectivity index (χ2v) is 7.37. The topological polar surface area (TPSA) is 20.3 Å². The molecule has 2 aliphatic rings. The van der Waals surface area contributed by atoms with Crippen molar-refractivity contribution in [1.29, 1.82) is 0 Å². The Bertz CT molecular complexity index is 292. The molecule has 18 heavy (non-hydrogen) atoms. The molecule has 104 valence electrons. The molecule has 0 aromatic rings. The summed E-state index contributed by atoms with van der Waals surface area (Å²) in [6.07, 6.45) is 8.25. The summed E-state index contributed by atoms with van der Waals surface area (Å²) in [5, 5.41) is 0. The zero-order chi connectivity index (χ0) is 13.2. The Morgan fingerprint density at radius 2 is 2.00 bits per heavy atom. The fourth-order valence-corrected chi connectivity index (χ4v) is 3.65. The standard InChI is InChI=1S/C16H29NO/c1-16(2,3)10-6-12-17-11-5-8-14(17)13-7-4-9-15(13)18/h13-14H,4-12H2,1-3H3. The minimum Gasteiger partial charge on any atom is -0.300 e. The Kier molecular flexibility index (Phi) is 4.47. The predicted octanol–water partition coefficient (Wildman–Crippen LogP) is 3.65. The zero-order valence-corrected chi connectivity index (χ0v) is 12.4. The quantitative estimate of drug-likeness (QED) is 0.760. The molecule has 1 saturated heterocycles. The predicted molar refractivity (Wildman–Crippen MR) is 75.6 cm³/mol. The number of rotatable bonds is 4. The fourth-order valence-electron chi connectivity index (χ4n) is 3.65. The minimum atomic E-state index is 0.377. The largest absolute Gasteiger partial charge is 0.300 e. The third-order valence-electron chi connectivity index (χ3n) is 4.60. The molecule has 2 nitrogen and oxygen atoms in total. The molecule has 2 heteroatoms. The summed E-state index contributed by atoms with van der Waals surface area (Å²) < 4.78 is 0. The number of nitrogens with zero attached hydrogens (tertiary/aromatic N) is 1. The van der Waals surface area contributed by atoms with Crippen molar-refractivity contribution < 1.29 is 4.79 Å². The van der Waals surface area contributed by atoms with Crippen LogP contribution >= 0.6 is 0 Å². The van der Waals surface area contributed by atoms with Gasteiger partial charge in [-0.15, -0.1) is 0 Å². The average Bonchev–Trinajstić information content (AvgIpc) is 2.84. The molecular weight excluding hydrogens is 222 g/mol. The van der Waals surface area contributed by atoms with Gasteiger partial charge in [0.2, 0.25) is 0 Å². The lowest BCUT2D eigenvalue weighted by molar-refractivity contribution is -0.122. The first-order valence-corrected chi connectivity index (χ1v) is 7.74. The van der Waals surface area contributed by atoms with Gasteiger partial charge in [-0.1, -0.05) is 20.8 Å². The highest BCUT2D eigenvalue weighted by atomic mass is 16.1. The van der Waals surface area contributed by atoms with E-state index in [9.17, 15) is 4.79 Å². The molecule has 0 N–H and O–H groups in total. The van der Waals surface area contributed by atoms with Gasteiger partial charge in [0.15, 0.2) is 0 Å². The minimum absolute atomic E-state index is 0.377. The summed E-state index contributed by atoms with van der Waals surface area (Å²) in [6, 6.07) is 0.583. The molecule has 1 saturated carbocycles. The van der Waals surface area contributed by atoms with Gasteiger partial charge in [0.1, 0.15) is 5.78 Å². The van der Waals surface area contributed by atoms with Crippen LogP contribution < -0.4 is 0 Å².